The Balaban J connectivity index is 2.61. The van der Waals surface area contributed by atoms with Crippen LogP contribution >= 0.6 is 0 Å². The fourth-order valence-corrected chi connectivity index (χ4v) is 1.41. The number of aryl methyl sites for hydroxylation is 1. The molecule has 1 aromatic rings. The second kappa shape index (κ2) is 4.35. The predicted molar refractivity (Wildman–Crippen MR) is 52.5 cm³/mol. The van der Waals surface area contributed by atoms with Gasteiger partial charge in [0, 0.05) is 0 Å². The van der Waals surface area contributed by atoms with Crippen LogP contribution in [0.4, 0.5) is 0 Å². The third kappa shape index (κ3) is 4.55. The van der Waals surface area contributed by atoms with Crippen LogP contribution in [0.1, 0.15) is 11.1 Å². The molecule has 0 bridgehead atoms. The van der Waals surface area contributed by atoms with E-state index in [1.165, 1.54) is 0 Å². The van der Waals surface area contributed by atoms with Crippen molar-refractivity contribution in [2.24, 2.45) is 0 Å². The van der Waals surface area contributed by atoms with Gasteiger partial charge < -0.3 is 0 Å². The van der Waals surface area contributed by atoms with Gasteiger partial charge in [-0.3, -0.25) is 0 Å². The quantitative estimate of drug-likeness (QED) is 0.837. The minimum atomic E-state index is -3.21. The molecule has 13 heavy (non-hydrogen) atoms. The molecule has 0 saturated heterocycles. The molecule has 1 unspecified atom stereocenters. The fourth-order valence-electron chi connectivity index (χ4n) is 0.827. The van der Waals surface area contributed by atoms with Gasteiger partial charge in [-0.25, -0.2) is 0 Å². The van der Waals surface area contributed by atoms with Crippen molar-refractivity contribution in [3.05, 3.63) is 35.4 Å². The molecule has 0 amide bonds. The first-order valence-corrected chi connectivity index (χ1v) is 7.11. The van der Waals surface area contributed by atoms with Crippen molar-refractivity contribution in [1.29, 1.82) is 0 Å². The van der Waals surface area contributed by atoms with Crippen LogP contribution < -0.4 is 0 Å². The van der Waals surface area contributed by atoms with Crippen LogP contribution in [0.25, 0.3) is 0 Å². The summed E-state index contributed by atoms with van der Waals surface area (Å²) in [4.78, 5) is 0. The average molecular weight is 265 g/mol. The van der Waals surface area contributed by atoms with Gasteiger partial charge in [-0.15, -0.1) is 0 Å². The van der Waals surface area contributed by atoms with Gasteiger partial charge in [0.1, 0.15) is 0 Å². The van der Waals surface area contributed by atoms with Crippen molar-refractivity contribution < 1.29 is 12.9 Å². The summed E-state index contributed by atoms with van der Waals surface area (Å²) in [5, 5.41) is 0. The first kappa shape index (κ1) is 10.9. The van der Waals surface area contributed by atoms with E-state index in [-0.39, 0.29) is 6.61 Å². The predicted octanol–water partition coefficient (Wildman–Crippen LogP) is 1.27. The number of hydrogen-bond donors (Lipinski definition) is 1. The Kier molecular flexibility index (Phi) is 3.64. The van der Waals surface area contributed by atoms with Crippen LogP contribution in [0.5, 0.6) is 0 Å². The van der Waals surface area contributed by atoms with E-state index in [0.717, 1.165) is 11.1 Å². The zero-order valence-corrected chi connectivity index (χ0v) is 9.63. The second-order valence-electron chi connectivity index (χ2n) is 2.68. The molecule has 72 valence electrons. The van der Waals surface area contributed by atoms with Crippen LogP contribution in [-0.2, 0) is 19.2 Å². The van der Waals surface area contributed by atoms with Gasteiger partial charge in [-0.1, -0.05) is 0 Å². The molecule has 0 heterocycles. The summed E-state index contributed by atoms with van der Waals surface area (Å²) in [5.74, 6) is 0. The topological polar surface area (TPSA) is 46.5 Å². The van der Waals surface area contributed by atoms with Crippen LogP contribution in [0.2, 0.25) is 0 Å². The van der Waals surface area contributed by atoms with E-state index in [0.29, 0.717) is 0 Å². The summed E-state index contributed by atoms with van der Waals surface area (Å²) < 4.78 is 24.2. The first-order chi connectivity index (χ1) is 5.97. The van der Waals surface area contributed by atoms with Crippen LogP contribution in [-0.4, -0.2) is 23.1 Å². The molecule has 1 N–H and O–H groups in total. The van der Waals surface area contributed by atoms with E-state index >= 15 is 0 Å². The fraction of sp³-hybridized carbons (Fsp3) is 0.250. The summed E-state index contributed by atoms with van der Waals surface area (Å²) in [6, 6.07) is 7.58. The molecule has 0 aliphatic rings. The van der Waals surface area contributed by atoms with Gasteiger partial charge in [0.25, 0.3) is 0 Å². The molecule has 0 fully saturated rings. The first-order valence-electron chi connectivity index (χ1n) is 3.65. The third-order valence-corrected chi connectivity index (χ3v) is 2.52. The molecule has 0 radical (unpaired) electrons. The van der Waals surface area contributed by atoms with Crippen LogP contribution in [0.3, 0.4) is 0 Å². The van der Waals surface area contributed by atoms with E-state index in [9.17, 15) is 4.21 Å². The van der Waals surface area contributed by atoms with E-state index in [2.05, 4.69) is 18.6 Å². The van der Waals surface area contributed by atoms with Crippen LogP contribution in [0.15, 0.2) is 24.3 Å². The maximum absolute atomic E-state index is 10.7. The molecular formula is C8H10O3SSe. The van der Waals surface area contributed by atoms with Crippen molar-refractivity contribution >= 4 is 22.8 Å². The van der Waals surface area contributed by atoms with E-state index in [1.807, 2.05) is 31.2 Å². The van der Waals surface area contributed by atoms with Gasteiger partial charge in [-0.2, -0.15) is 0 Å². The van der Waals surface area contributed by atoms with Gasteiger partial charge in [0.2, 0.25) is 0 Å². The molecule has 0 aromatic heterocycles. The minimum absolute atomic E-state index is 0.141. The molecule has 5 heteroatoms. The van der Waals surface area contributed by atoms with Crippen molar-refractivity contribution in [3.63, 3.8) is 0 Å². The maximum atomic E-state index is 10.7. The second-order valence-corrected chi connectivity index (χ2v) is 6.42. The number of hydrogen-bond acceptors (Lipinski definition) is 2. The molecule has 3 nitrogen and oxygen atoms in total. The third-order valence-electron chi connectivity index (χ3n) is 1.50. The molecule has 0 aliphatic carbocycles. The molecule has 1 aromatic carbocycles. The van der Waals surface area contributed by atoms with E-state index in [4.69, 9.17) is 4.55 Å². The van der Waals surface area contributed by atoms with Gasteiger partial charge in [0.05, 0.1) is 0 Å². The van der Waals surface area contributed by atoms with E-state index < -0.39 is 8.42 Å². The van der Waals surface area contributed by atoms with Crippen molar-refractivity contribution in [2.75, 3.05) is 0 Å². The Labute approximate surface area is 84.8 Å². The summed E-state index contributed by atoms with van der Waals surface area (Å²) in [6.45, 7) is 2.12. The van der Waals surface area contributed by atoms with Crippen molar-refractivity contribution in [1.82, 2.24) is 0 Å². The standard InChI is InChI=1S/C8H10O3SSe/c1-7-2-4-8(5-3-7)6-11-12(9,10)13/h2-5H,6H2,1H3,(H,9,10,13). The molecule has 1 rings (SSSR count). The SMILES string of the molecule is Cc1ccc(COS(=O)(O)=[Se])cc1. The summed E-state index contributed by atoms with van der Waals surface area (Å²) in [6.07, 6.45) is 0. The molecule has 1 atom stereocenters. The average Bonchev–Trinajstić information content (AvgIpc) is 2.02. The summed E-state index contributed by atoms with van der Waals surface area (Å²) in [7, 11) is -3.21. The summed E-state index contributed by atoms with van der Waals surface area (Å²) >= 11 is 2.06. The zero-order valence-electron chi connectivity index (χ0n) is 7.10. The Bertz CT molecular complexity index is 369. The monoisotopic (exact) mass is 266 g/mol. The van der Waals surface area contributed by atoms with Gasteiger partial charge in [-0.05, 0) is 0 Å². The van der Waals surface area contributed by atoms with Gasteiger partial charge >= 0.3 is 84.7 Å². The summed E-state index contributed by atoms with van der Waals surface area (Å²) in [5.41, 5.74) is 2.03. The van der Waals surface area contributed by atoms with Crippen molar-refractivity contribution in [3.8, 4) is 0 Å². The Morgan fingerprint density at radius 1 is 1.46 bits per heavy atom. The molecule has 0 saturated carbocycles. The zero-order chi connectivity index (χ0) is 9.90. The van der Waals surface area contributed by atoms with E-state index in [1.54, 1.807) is 0 Å². The van der Waals surface area contributed by atoms with Gasteiger partial charge in [0.15, 0.2) is 0 Å². The Hall–Kier alpha value is -0.191. The molecular weight excluding hydrogens is 255 g/mol. The number of benzene rings is 1. The van der Waals surface area contributed by atoms with Crippen molar-refractivity contribution in [2.45, 2.75) is 13.5 Å². The number of rotatable bonds is 3. The van der Waals surface area contributed by atoms with Crippen LogP contribution in [0, 0.1) is 6.92 Å². The Morgan fingerprint density at radius 3 is 2.46 bits per heavy atom. The molecule has 0 spiro atoms. The normalized spacial score (nSPS) is 15.2. The Morgan fingerprint density at radius 2 is 2.00 bits per heavy atom. The molecule has 0 aliphatic heterocycles.